The van der Waals surface area contributed by atoms with Crippen LogP contribution < -0.4 is 9.80 Å². The van der Waals surface area contributed by atoms with E-state index in [4.69, 9.17) is 9.47 Å². The number of carbonyl (C=O) groups excluding carboxylic acids is 2. The predicted octanol–water partition coefficient (Wildman–Crippen LogP) is 6.09. The fourth-order valence-electron chi connectivity index (χ4n) is 7.35. The molecule has 0 spiro atoms. The van der Waals surface area contributed by atoms with Gasteiger partial charge in [-0.3, -0.25) is 9.69 Å². The molecule has 2 atom stereocenters. The third-order valence-electron chi connectivity index (χ3n) is 9.31. The fourth-order valence-corrected chi connectivity index (χ4v) is 7.35. The molecule has 2 amide bonds. The van der Waals surface area contributed by atoms with Crippen molar-refractivity contribution in [2.75, 3.05) is 42.6 Å². The summed E-state index contributed by atoms with van der Waals surface area (Å²) in [5, 5.41) is 5.43. The van der Waals surface area contributed by atoms with Gasteiger partial charge in [0.15, 0.2) is 0 Å². The molecule has 1 aliphatic carbocycles. The lowest BCUT2D eigenvalue weighted by atomic mass is 9.96. The van der Waals surface area contributed by atoms with Crippen molar-refractivity contribution in [1.82, 2.24) is 10.0 Å². The van der Waals surface area contributed by atoms with Crippen molar-refractivity contribution in [1.29, 1.82) is 0 Å². The lowest BCUT2D eigenvalue weighted by Gasteiger charge is -2.41. The second-order valence-corrected chi connectivity index (χ2v) is 12.7. The van der Waals surface area contributed by atoms with E-state index in [1.807, 2.05) is 25.7 Å². The van der Waals surface area contributed by atoms with Crippen LogP contribution in [0.2, 0.25) is 0 Å². The monoisotopic (exact) mass is 554 g/mol. The summed E-state index contributed by atoms with van der Waals surface area (Å²) in [5.41, 5.74) is 2.82. The molecule has 0 aromatic heterocycles. The van der Waals surface area contributed by atoms with Crippen molar-refractivity contribution >= 4 is 23.4 Å². The molecule has 1 aromatic carbocycles. The number of ether oxygens (including phenoxy) is 2. The van der Waals surface area contributed by atoms with Gasteiger partial charge in [0.25, 0.3) is 0 Å². The van der Waals surface area contributed by atoms with Gasteiger partial charge in [-0.25, -0.2) is 14.8 Å². The van der Waals surface area contributed by atoms with Gasteiger partial charge < -0.3 is 14.4 Å². The molecule has 8 nitrogen and oxygen atoms in total. The van der Waals surface area contributed by atoms with Crippen molar-refractivity contribution in [2.24, 2.45) is 0 Å². The Kier molecular flexibility index (Phi) is 9.69. The van der Waals surface area contributed by atoms with E-state index in [2.05, 4.69) is 28.2 Å². The Labute approximate surface area is 240 Å². The number of benzene rings is 1. The first kappa shape index (κ1) is 29.3. The molecule has 3 aliphatic heterocycles. The Morgan fingerprint density at radius 1 is 0.850 bits per heavy atom. The number of hydrazine groups is 1. The Bertz CT molecular complexity index is 1020. The molecule has 4 aliphatic rings. The highest BCUT2D eigenvalue weighted by atomic mass is 16.6. The smallest absolute Gasteiger partial charge is 0.414 e. The zero-order valence-electron chi connectivity index (χ0n) is 25.1. The molecule has 5 rings (SSSR count). The minimum absolute atomic E-state index is 0.00342. The number of carbonyl (C=O) groups is 2. The van der Waals surface area contributed by atoms with Crippen LogP contribution in [0.3, 0.4) is 0 Å². The highest BCUT2D eigenvalue weighted by molar-refractivity contribution is 6.02. The minimum Gasteiger partial charge on any atom is -0.446 e. The second-order valence-electron chi connectivity index (χ2n) is 12.7. The standard InChI is InChI=1S/C32H50N4O4/c1-23(2)40-32(38)33-20-24(3)36(25(4)37)30-14-13-26(19-31(30)33)27-21-34(28-11-9-7-5-6-8-10-12-28)35(22-27)29-15-17-39-18-16-29/h13-14,19,23-24,27-29H,5-12,15-18,20-22H2,1-4H3/t24-,27?/m0/s1. The minimum atomic E-state index is -0.342. The van der Waals surface area contributed by atoms with Crippen molar-refractivity contribution < 1.29 is 19.1 Å². The van der Waals surface area contributed by atoms with E-state index < -0.39 is 0 Å². The van der Waals surface area contributed by atoms with Crippen LogP contribution in [0.1, 0.15) is 103 Å². The van der Waals surface area contributed by atoms with Crippen molar-refractivity contribution in [3.8, 4) is 0 Å². The number of nitrogens with zero attached hydrogens (tertiary/aromatic N) is 4. The summed E-state index contributed by atoms with van der Waals surface area (Å²) in [6, 6.07) is 7.41. The molecule has 222 valence electrons. The van der Waals surface area contributed by atoms with E-state index in [-0.39, 0.29) is 24.1 Å². The molecular formula is C32H50N4O4. The van der Waals surface area contributed by atoms with Gasteiger partial charge in [-0.1, -0.05) is 44.6 Å². The Morgan fingerprint density at radius 3 is 2.05 bits per heavy atom. The summed E-state index contributed by atoms with van der Waals surface area (Å²) in [6.07, 6.45) is 12.3. The van der Waals surface area contributed by atoms with Crippen LogP contribution in [0.25, 0.3) is 0 Å². The first-order valence-electron chi connectivity index (χ1n) is 15.9. The Morgan fingerprint density at radius 2 is 1.45 bits per heavy atom. The van der Waals surface area contributed by atoms with Crippen LogP contribution in [0.5, 0.6) is 0 Å². The molecule has 1 saturated carbocycles. The molecule has 8 heteroatoms. The maximum atomic E-state index is 13.2. The van der Waals surface area contributed by atoms with Crippen LogP contribution in [-0.4, -0.2) is 79.1 Å². The number of amides is 2. The lowest BCUT2D eigenvalue weighted by Crippen LogP contribution is -2.51. The number of hydrogen-bond acceptors (Lipinski definition) is 6. The SMILES string of the molecule is CC(=O)N1c2ccc(C3CN(C4CCCCCCCC4)N(C4CCOCC4)C3)cc2N(C(=O)OC(C)C)C[C@@H]1C. The van der Waals surface area contributed by atoms with E-state index in [0.29, 0.717) is 24.5 Å². The fraction of sp³-hybridized carbons (Fsp3) is 0.750. The highest BCUT2D eigenvalue weighted by Gasteiger charge is 2.41. The van der Waals surface area contributed by atoms with Crippen LogP contribution in [0.4, 0.5) is 16.2 Å². The van der Waals surface area contributed by atoms with Crippen LogP contribution in [0.15, 0.2) is 18.2 Å². The van der Waals surface area contributed by atoms with Crippen molar-refractivity contribution in [2.45, 2.75) is 122 Å². The molecule has 1 aromatic rings. The summed E-state index contributed by atoms with van der Waals surface area (Å²) >= 11 is 0. The van der Waals surface area contributed by atoms with Crippen molar-refractivity contribution in [3.05, 3.63) is 23.8 Å². The molecule has 0 N–H and O–H groups in total. The third-order valence-corrected chi connectivity index (χ3v) is 9.31. The molecule has 0 bridgehead atoms. The molecule has 3 heterocycles. The van der Waals surface area contributed by atoms with Gasteiger partial charge in [-0.15, -0.1) is 0 Å². The Balaban J connectivity index is 1.45. The van der Waals surface area contributed by atoms with Gasteiger partial charge >= 0.3 is 6.09 Å². The predicted molar refractivity (Wildman–Crippen MR) is 159 cm³/mol. The lowest BCUT2D eigenvalue weighted by molar-refractivity contribution is -0.117. The van der Waals surface area contributed by atoms with Gasteiger partial charge in [0.1, 0.15) is 0 Å². The maximum absolute atomic E-state index is 13.2. The molecular weight excluding hydrogens is 504 g/mol. The number of anilines is 2. The van der Waals surface area contributed by atoms with E-state index in [0.717, 1.165) is 50.5 Å². The molecule has 40 heavy (non-hydrogen) atoms. The largest absolute Gasteiger partial charge is 0.446 e. The number of hydrogen-bond donors (Lipinski definition) is 0. The normalized spacial score (nSPS) is 26.3. The number of fused-ring (bicyclic) bond motifs is 1. The molecule has 0 radical (unpaired) electrons. The summed E-state index contributed by atoms with van der Waals surface area (Å²) in [5.74, 6) is 0.338. The van der Waals surface area contributed by atoms with Crippen LogP contribution in [-0.2, 0) is 14.3 Å². The van der Waals surface area contributed by atoms with E-state index in [1.54, 1.807) is 11.8 Å². The summed E-state index contributed by atoms with van der Waals surface area (Å²) in [4.78, 5) is 29.4. The maximum Gasteiger partial charge on any atom is 0.414 e. The van der Waals surface area contributed by atoms with E-state index in [1.165, 1.54) is 56.9 Å². The zero-order valence-corrected chi connectivity index (χ0v) is 25.1. The molecule has 3 fully saturated rings. The quantitative estimate of drug-likeness (QED) is 0.449. The van der Waals surface area contributed by atoms with Gasteiger partial charge in [0.2, 0.25) is 5.91 Å². The van der Waals surface area contributed by atoms with Gasteiger partial charge in [-0.2, -0.15) is 0 Å². The highest BCUT2D eigenvalue weighted by Crippen LogP contribution is 2.41. The topological polar surface area (TPSA) is 65.6 Å². The third kappa shape index (κ3) is 6.50. The van der Waals surface area contributed by atoms with E-state index in [9.17, 15) is 9.59 Å². The van der Waals surface area contributed by atoms with Gasteiger partial charge in [0, 0.05) is 57.8 Å². The van der Waals surface area contributed by atoms with E-state index >= 15 is 0 Å². The first-order valence-corrected chi connectivity index (χ1v) is 15.9. The van der Waals surface area contributed by atoms with Crippen LogP contribution in [0, 0.1) is 0 Å². The summed E-state index contributed by atoms with van der Waals surface area (Å²) < 4.78 is 11.4. The van der Waals surface area contributed by atoms with Crippen LogP contribution >= 0.6 is 0 Å². The zero-order chi connectivity index (χ0) is 28.2. The Hall–Kier alpha value is -2.16. The van der Waals surface area contributed by atoms with Gasteiger partial charge in [0.05, 0.1) is 23.5 Å². The summed E-state index contributed by atoms with van der Waals surface area (Å²) in [6.45, 7) is 11.5. The summed E-state index contributed by atoms with van der Waals surface area (Å²) in [7, 11) is 0. The average Bonchev–Trinajstić information content (AvgIpc) is 3.42. The second kappa shape index (κ2) is 13.2. The average molecular weight is 555 g/mol. The first-order chi connectivity index (χ1) is 19.3. The van der Waals surface area contributed by atoms with Gasteiger partial charge in [-0.05, 0) is 64.2 Å². The molecule has 2 saturated heterocycles. The van der Waals surface area contributed by atoms with Crippen molar-refractivity contribution in [3.63, 3.8) is 0 Å². The number of rotatable bonds is 4. The molecule has 1 unspecified atom stereocenters.